The number of nitriles is 1. The van der Waals surface area contributed by atoms with Crippen LogP contribution in [0.25, 0.3) is 0 Å². The molecular weight excluding hydrogens is 256 g/mol. The van der Waals surface area contributed by atoms with Crippen molar-refractivity contribution in [3.8, 4) is 11.8 Å². The monoisotopic (exact) mass is 276 g/mol. The second-order valence-electron chi connectivity index (χ2n) is 4.97. The van der Waals surface area contributed by atoms with E-state index in [4.69, 9.17) is 10.00 Å². The Morgan fingerprint density at radius 1 is 1.32 bits per heavy atom. The molecule has 1 fully saturated rings. The highest BCUT2D eigenvalue weighted by Crippen LogP contribution is 2.24. The van der Waals surface area contributed by atoms with Crippen LogP contribution in [0.1, 0.15) is 19.4 Å². The topological polar surface area (TPSA) is 36.3 Å². The van der Waals surface area contributed by atoms with Gasteiger partial charge in [0, 0.05) is 30.1 Å². The molecule has 1 aromatic rings. The van der Waals surface area contributed by atoms with Crippen molar-refractivity contribution in [3.05, 3.63) is 29.8 Å². The van der Waals surface area contributed by atoms with Gasteiger partial charge >= 0.3 is 0 Å². The Kier molecular flexibility index (Phi) is 5.12. The lowest BCUT2D eigenvalue weighted by atomic mass is 10.2. The molecular formula is C15H20N2OS. The van der Waals surface area contributed by atoms with Crippen LogP contribution >= 0.6 is 11.8 Å². The molecule has 0 saturated carbocycles. The summed E-state index contributed by atoms with van der Waals surface area (Å²) >= 11 is 2.06. The number of nitrogens with zero attached hydrogens (tertiary/aromatic N) is 2. The van der Waals surface area contributed by atoms with Gasteiger partial charge in [0.2, 0.25) is 0 Å². The first-order valence-corrected chi connectivity index (χ1v) is 7.63. The summed E-state index contributed by atoms with van der Waals surface area (Å²) in [5.41, 5.74) is 0.610. The third kappa shape index (κ3) is 4.15. The molecule has 0 spiro atoms. The van der Waals surface area contributed by atoms with E-state index < -0.39 is 0 Å². The molecule has 1 aromatic carbocycles. The molecule has 1 aliphatic heterocycles. The fourth-order valence-electron chi connectivity index (χ4n) is 2.44. The van der Waals surface area contributed by atoms with Gasteiger partial charge in [-0.05, 0) is 12.1 Å². The highest BCUT2D eigenvalue weighted by molar-refractivity contribution is 8.00. The third-order valence-corrected chi connectivity index (χ3v) is 4.40. The van der Waals surface area contributed by atoms with Crippen molar-refractivity contribution in [1.82, 2.24) is 4.90 Å². The first-order chi connectivity index (χ1) is 9.19. The summed E-state index contributed by atoms with van der Waals surface area (Å²) in [6.07, 6.45) is 0. The van der Waals surface area contributed by atoms with Crippen LogP contribution in [0.4, 0.5) is 0 Å². The molecule has 0 N–H and O–H groups in total. The van der Waals surface area contributed by atoms with Crippen molar-refractivity contribution in [2.75, 3.05) is 26.2 Å². The van der Waals surface area contributed by atoms with Crippen LogP contribution in [-0.4, -0.2) is 41.6 Å². The molecule has 0 radical (unpaired) electrons. The van der Waals surface area contributed by atoms with Crippen LogP contribution in [-0.2, 0) is 0 Å². The van der Waals surface area contributed by atoms with Crippen LogP contribution in [0.15, 0.2) is 24.3 Å². The zero-order chi connectivity index (χ0) is 13.7. The van der Waals surface area contributed by atoms with Gasteiger partial charge < -0.3 is 4.74 Å². The first-order valence-electron chi connectivity index (χ1n) is 6.69. The smallest absolute Gasteiger partial charge is 0.137 e. The molecule has 1 aliphatic rings. The van der Waals surface area contributed by atoms with Crippen molar-refractivity contribution in [1.29, 1.82) is 5.26 Å². The summed E-state index contributed by atoms with van der Waals surface area (Å²) < 4.78 is 5.73. The Bertz CT molecular complexity index is 448. The van der Waals surface area contributed by atoms with Gasteiger partial charge in [-0.25, -0.2) is 0 Å². The normalized spacial score (nSPS) is 23.8. The number of hydrogen-bond donors (Lipinski definition) is 0. The molecule has 0 aromatic heterocycles. The van der Waals surface area contributed by atoms with E-state index in [1.807, 2.05) is 18.2 Å². The minimum absolute atomic E-state index is 0.610. The molecule has 19 heavy (non-hydrogen) atoms. The largest absolute Gasteiger partial charge is 0.491 e. The fourth-order valence-corrected chi connectivity index (χ4v) is 3.82. The van der Waals surface area contributed by atoms with Gasteiger partial charge in [-0.2, -0.15) is 17.0 Å². The molecule has 1 saturated heterocycles. The summed E-state index contributed by atoms with van der Waals surface area (Å²) in [7, 11) is 0. The number of rotatable bonds is 4. The Morgan fingerprint density at radius 2 is 2.00 bits per heavy atom. The number of thioether (sulfide) groups is 1. The lowest BCUT2D eigenvalue weighted by Gasteiger charge is -2.34. The number of ether oxygens (including phenoxy) is 1. The van der Waals surface area contributed by atoms with Gasteiger partial charge in [-0.15, -0.1) is 0 Å². The fraction of sp³-hybridized carbons (Fsp3) is 0.533. The maximum Gasteiger partial charge on any atom is 0.137 e. The summed E-state index contributed by atoms with van der Waals surface area (Å²) in [6.45, 7) is 8.37. The lowest BCUT2D eigenvalue weighted by Crippen LogP contribution is -2.42. The molecule has 102 valence electrons. The maximum absolute atomic E-state index is 8.99. The molecule has 2 atom stereocenters. The van der Waals surface area contributed by atoms with Crippen LogP contribution < -0.4 is 4.74 Å². The van der Waals surface area contributed by atoms with Gasteiger partial charge in [0.25, 0.3) is 0 Å². The van der Waals surface area contributed by atoms with Crippen molar-refractivity contribution in [3.63, 3.8) is 0 Å². The Hall–Kier alpha value is -1.18. The molecule has 4 heteroatoms. The second-order valence-corrected chi connectivity index (χ2v) is 6.85. The molecule has 2 rings (SSSR count). The zero-order valence-electron chi connectivity index (χ0n) is 11.5. The van der Waals surface area contributed by atoms with Crippen molar-refractivity contribution >= 4 is 11.8 Å². The van der Waals surface area contributed by atoms with Crippen molar-refractivity contribution in [2.24, 2.45) is 0 Å². The van der Waals surface area contributed by atoms with Gasteiger partial charge in [0.15, 0.2) is 0 Å². The quantitative estimate of drug-likeness (QED) is 0.847. The lowest BCUT2D eigenvalue weighted by molar-refractivity contribution is 0.207. The summed E-state index contributed by atoms with van der Waals surface area (Å²) in [5.74, 6) is 0.692. The van der Waals surface area contributed by atoms with Gasteiger partial charge in [0.1, 0.15) is 18.4 Å². The van der Waals surface area contributed by atoms with Crippen molar-refractivity contribution < 1.29 is 4.74 Å². The van der Waals surface area contributed by atoms with E-state index in [1.165, 1.54) is 0 Å². The highest BCUT2D eigenvalue weighted by Gasteiger charge is 2.21. The predicted molar refractivity (Wildman–Crippen MR) is 79.6 cm³/mol. The van der Waals surface area contributed by atoms with E-state index in [1.54, 1.807) is 6.07 Å². The van der Waals surface area contributed by atoms with E-state index in [2.05, 4.69) is 36.6 Å². The Morgan fingerprint density at radius 3 is 2.68 bits per heavy atom. The SMILES string of the molecule is CC1CN(CCOc2ccccc2C#N)CC(C)S1. The van der Waals surface area contributed by atoms with E-state index in [-0.39, 0.29) is 0 Å². The Labute approximate surface area is 119 Å². The van der Waals surface area contributed by atoms with Crippen LogP contribution in [0.3, 0.4) is 0 Å². The second kappa shape index (κ2) is 6.83. The Balaban J connectivity index is 1.82. The van der Waals surface area contributed by atoms with Crippen LogP contribution in [0, 0.1) is 11.3 Å². The molecule has 2 unspecified atom stereocenters. The molecule has 0 bridgehead atoms. The number of para-hydroxylation sites is 1. The van der Waals surface area contributed by atoms with Gasteiger partial charge in [-0.1, -0.05) is 26.0 Å². The van der Waals surface area contributed by atoms with Crippen LogP contribution in [0.5, 0.6) is 5.75 Å². The maximum atomic E-state index is 8.99. The minimum atomic E-state index is 0.610. The average molecular weight is 276 g/mol. The first kappa shape index (κ1) is 14.2. The summed E-state index contributed by atoms with van der Waals surface area (Å²) in [5, 5.41) is 10.4. The molecule has 0 aliphatic carbocycles. The van der Waals surface area contributed by atoms with Gasteiger partial charge in [-0.3, -0.25) is 4.90 Å². The molecule has 1 heterocycles. The standard InChI is InChI=1S/C15H20N2OS/c1-12-10-17(11-13(2)19-12)7-8-18-15-6-4-3-5-14(15)9-16/h3-6,12-13H,7-8,10-11H2,1-2H3. The highest BCUT2D eigenvalue weighted by atomic mass is 32.2. The predicted octanol–water partition coefficient (Wildman–Crippen LogP) is 2.76. The summed E-state index contributed by atoms with van der Waals surface area (Å²) in [6, 6.07) is 9.56. The van der Waals surface area contributed by atoms with Crippen molar-refractivity contribution in [2.45, 2.75) is 24.3 Å². The summed E-state index contributed by atoms with van der Waals surface area (Å²) in [4.78, 5) is 2.45. The van der Waals surface area contributed by atoms with Gasteiger partial charge in [0.05, 0.1) is 5.56 Å². The third-order valence-electron chi connectivity index (χ3n) is 3.17. The molecule has 0 amide bonds. The number of hydrogen-bond acceptors (Lipinski definition) is 4. The van der Waals surface area contributed by atoms with E-state index in [0.29, 0.717) is 28.4 Å². The van der Waals surface area contributed by atoms with Crippen LogP contribution in [0.2, 0.25) is 0 Å². The number of benzene rings is 1. The van der Waals surface area contributed by atoms with E-state index >= 15 is 0 Å². The minimum Gasteiger partial charge on any atom is -0.491 e. The zero-order valence-corrected chi connectivity index (χ0v) is 12.3. The average Bonchev–Trinajstić information content (AvgIpc) is 2.38. The van der Waals surface area contributed by atoms with E-state index in [9.17, 15) is 0 Å². The molecule has 3 nitrogen and oxygen atoms in total. The van der Waals surface area contributed by atoms with E-state index in [0.717, 1.165) is 19.6 Å².